The van der Waals surface area contributed by atoms with Crippen molar-refractivity contribution in [1.29, 1.82) is 0 Å². The fraction of sp³-hybridized carbons (Fsp3) is 0.321. The molecule has 8 heteroatoms. The number of aryl methyl sites for hydroxylation is 1. The van der Waals surface area contributed by atoms with E-state index in [0.29, 0.717) is 16.9 Å². The molecule has 1 aliphatic rings. The minimum atomic E-state index is -0.885. The van der Waals surface area contributed by atoms with Gasteiger partial charge in [-0.1, -0.05) is 25.0 Å². The third-order valence-corrected chi connectivity index (χ3v) is 6.29. The topological polar surface area (TPSA) is 104 Å². The number of pyridine rings is 2. The molecule has 0 bridgehead atoms. The first-order valence-corrected chi connectivity index (χ1v) is 12.3. The molecule has 0 spiro atoms. The maximum absolute atomic E-state index is 13.7. The Balaban J connectivity index is 1.60. The second-order valence-electron chi connectivity index (χ2n) is 9.07. The number of carbonyl (C=O) groups is 3. The molecule has 1 aliphatic carbocycles. The van der Waals surface area contributed by atoms with Crippen LogP contribution in [0.2, 0.25) is 0 Å². The summed E-state index contributed by atoms with van der Waals surface area (Å²) >= 11 is 0. The second kappa shape index (κ2) is 12.1. The number of aromatic nitrogens is 2. The predicted octanol–water partition coefficient (Wildman–Crippen LogP) is 4.34. The number of nitrogens with one attached hydrogen (secondary N) is 2. The first kappa shape index (κ1) is 25.0. The average Bonchev–Trinajstić information content (AvgIpc) is 3.40. The molecule has 2 heterocycles. The summed E-state index contributed by atoms with van der Waals surface area (Å²) in [5.41, 5.74) is 2.80. The number of anilines is 2. The van der Waals surface area contributed by atoms with Crippen LogP contribution in [0.1, 0.15) is 55.7 Å². The predicted molar refractivity (Wildman–Crippen MR) is 138 cm³/mol. The zero-order valence-corrected chi connectivity index (χ0v) is 20.4. The fourth-order valence-electron chi connectivity index (χ4n) is 4.53. The van der Waals surface area contributed by atoms with Crippen molar-refractivity contribution in [2.45, 2.75) is 57.5 Å². The van der Waals surface area contributed by atoms with Crippen molar-refractivity contribution >= 4 is 29.1 Å². The summed E-state index contributed by atoms with van der Waals surface area (Å²) in [4.78, 5) is 49.5. The highest BCUT2D eigenvalue weighted by molar-refractivity contribution is 6.03. The molecule has 0 radical (unpaired) electrons. The summed E-state index contributed by atoms with van der Waals surface area (Å²) < 4.78 is 0. The largest absolute Gasteiger partial charge is 0.351 e. The number of amides is 3. The van der Waals surface area contributed by atoms with Crippen LogP contribution in [0.5, 0.6) is 0 Å². The lowest BCUT2D eigenvalue weighted by molar-refractivity contribution is -0.127. The van der Waals surface area contributed by atoms with E-state index in [-0.39, 0.29) is 36.6 Å². The van der Waals surface area contributed by atoms with Crippen LogP contribution in [0.25, 0.3) is 0 Å². The van der Waals surface area contributed by atoms with Gasteiger partial charge < -0.3 is 10.6 Å². The summed E-state index contributed by atoms with van der Waals surface area (Å²) in [6, 6.07) is 13.7. The van der Waals surface area contributed by atoms with Gasteiger partial charge in [0.05, 0.1) is 11.9 Å². The molecule has 0 aliphatic heterocycles. The van der Waals surface area contributed by atoms with Crippen LogP contribution in [0, 0.1) is 6.92 Å². The van der Waals surface area contributed by atoms with Crippen molar-refractivity contribution in [3.63, 3.8) is 0 Å². The normalized spacial score (nSPS) is 14.1. The van der Waals surface area contributed by atoms with Gasteiger partial charge in [0.15, 0.2) is 0 Å². The lowest BCUT2D eigenvalue weighted by Crippen LogP contribution is -2.46. The molecule has 8 nitrogen and oxygen atoms in total. The zero-order chi connectivity index (χ0) is 25.3. The van der Waals surface area contributed by atoms with Crippen molar-refractivity contribution in [2.75, 3.05) is 10.2 Å². The van der Waals surface area contributed by atoms with E-state index in [2.05, 4.69) is 20.6 Å². The molecular weight excluding hydrogens is 454 g/mol. The summed E-state index contributed by atoms with van der Waals surface area (Å²) in [5.74, 6) is -0.843. The molecule has 1 saturated carbocycles. The number of benzene rings is 1. The van der Waals surface area contributed by atoms with Crippen LogP contribution in [0.15, 0.2) is 73.3 Å². The van der Waals surface area contributed by atoms with Gasteiger partial charge >= 0.3 is 0 Å². The summed E-state index contributed by atoms with van der Waals surface area (Å²) in [6.07, 6.45) is 10.3. The molecule has 1 fully saturated rings. The van der Waals surface area contributed by atoms with E-state index in [4.69, 9.17) is 0 Å². The molecule has 1 aromatic carbocycles. The van der Waals surface area contributed by atoms with E-state index in [0.717, 1.165) is 31.2 Å². The highest BCUT2D eigenvalue weighted by Gasteiger charge is 2.34. The summed E-state index contributed by atoms with van der Waals surface area (Å²) in [7, 11) is 0. The SMILES string of the molecule is Cc1cccc(N(C(=O)CCC(=O)Nc2cccnc2)[C@H](C(=O)NC2CCCC2)c2ccncc2)c1. The van der Waals surface area contributed by atoms with Crippen LogP contribution in [-0.2, 0) is 14.4 Å². The number of carbonyl (C=O) groups excluding carboxylic acids is 3. The maximum atomic E-state index is 13.7. The second-order valence-corrected chi connectivity index (χ2v) is 9.07. The molecule has 2 aromatic heterocycles. The molecule has 2 N–H and O–H groups in total. The Morgan fingerprint density at radius 2 is 1.75 bits per heavy atom. The Morgan fingerprint density at radius 1 is 0.972 bits per heavy atom. The number of rotatable bonds is 9. The van der Waals surface area contributed by atoms with E-state index < -0.39 is 6.04 Å². The van der Waals surface area contributed by atoms with E-state index in [1.54, 1.807) is 49.1 Å². The molecule has 4 rings (SSSR count). The lowest BCUT2D eigenvalue weighted by atomic mass is 10.0. The van der Waals surface area contributed by atoms with Crippen molar-refractivity contribution in [3.8, 4) is 0 Å². The number of hydrogen-bond acceptors (Lipinski definition) is 5. The first-order valence-electron chi connectivity index (χ1n) is 12.3. The van der Waals surface area contributed by atoms with Gasteiger partial charge in [-0.25, -0.2) is 0 Å². The molecule has 3 amide bonds. The Bertz CT molecular complexity index is 1180. The average molecular weight is 486 g/mol. The smallest absolute Gasteiger partial charge is 0.248 e. The standard InChI is InChI=1S/C28H31N5O3/c1-20-6-4-10-24(18-20)33(26(35)12-11-25(34)31-23-9-5-15-30-19-23)27(21-13-16-29-17-14-21)28(36)32-22-7-2-3-8-22/h4-6,9-10,13-19,22,27H,2-3,7-8,11-12H2,1H3,(H,31,34)(H,32,36)/t27-/m0/s1. The quantitative estimate of drug-likeness (QED) is 0.469. The van der Waals surface area contributed by atoms with Gasteiger partial charge in [-0.3, -0.25) is 29.3 Å². The highest BCUT2D eigenvalue weighted by Crippen LogP contribution is 2.30. The minimum absolute atomic E-state index is 0.0245. The Morgan fingerprint density at radius 3 is 2.44 bits per heavy atom. The van der Waals surface area contributed by atoms with Gasteiger partial charge in [0, 0.05) is 43.2 Å². The minimum Gasteiger partial charge on any atom is -0.351 e. The Kier molecular flexibility index (Phi) is 8.39. The Labute approximate surface area is 211 Å². The van der Waals surface area contributed by atoms with Gasteiger partial charge in [-0.15, -0.1) is 0 Å². The van der Waals surface area contributed by atoms with E-state index in [9.17, 15) is 14.4 Å². The van der Waals surface area contributed by atoms with Gasteiger partial charge in [-0.05, 0) is 67.3 Å². The highest BCUT2D eigenvalue weighted by atomic mass is 16.2. The molecule has 36 heavy (non-hydrogen) atoms. The van der Waals surface area contributed by atoms with Crippen LogP contribution in [-0.4, -0.2) is 33.7 Å². The number of hydrogen-bond donors (Lipinski definition) is 2. The maximum Gasteiger partial charge on any atom is 0.248 e. The van der Waals surface area contributed by atoms with Gasteiger partial charge in [0.2, 0.25) is 17.7 Å². The zero-order valence-electron chi connectivity index (χ0n) is 20.4. The third kappa shape index (κ3) is 6.53. The van der Waals surface area contributed by atoms with Crippen molar-refractivity contribution in [2.24, 2.45) is 0 Å². The summed E-state index contributed by atoms with van der Waals surface area (Å²) in [5, 5.41) is 5.91. The first-order chi connectivity index (χ1) is 17.5. The molecule has 3 aromatic rings. The molecular formula is C28H31N5O3. The molecule has 0 unspecified atom stereocenters. The van der Waals surface area contributed by atoms with E-state index in [1.165, 1.54) is 4.90 Å². The van der Waals surface area contributed by atoms with Crippen LogP contribution >= 0.6 is 0 Å². The van der Waals surface area contributed by atoms with Crippen molar-refractivity contribution in [3.05, 3.63) is 84.4 Å². The van der Waals surface area contributed by atoms with Crippen molar-refractivity contribution < 1.29 is 14.4 Å². The van der Waals surface area contributed by atoms with E-state index >= 15 is 0 Å². The number of nitrogens with zero attached hydrogens (tertiary/aromatic N) is 3. The third-order valence-electron chi connectivity index (χ3n) is 6.29. The monoisotopic (exact) mass is 485 g/mol. The molecule has 186 valence electrons. The van der Waals surface area contributed by atoms with E-state index in [1.807, 2.05) is 31.2 Å². The molecule has 1 atom stereocenters. The summed E-state index contributed by atoms with van der Waals surface area (Å²) in [6.45, 7) is 1.94. The van der Waals surface area contributed by atoms with Crippen LogP contribution in [0.3, 0.4) is 0 Å². The van der Waals surface area contributed by atoms with Gasteiger partial charge in [-0.2, -0.15) is 0 Å². The van der Waals surface area contributed by atoms with Gasteiger partial charge in [0.25, 0.3) is 0 Å². The Hall–Kier alpha value is -4.07. The van der Waals surface area contributed by atoms with Crippen LogP contribution < -0.4 is 15.5 Å². The lowest BCUT2D eigenvalue weighted by Gasteiger charge is -2.32. The molecule has 0 saturated heterocycles. The van der Waals surface area contributed by atoms with Crippen LogP contribution in [0.4, 0.5) is 11.4 Å². The van der Waals surface area contributed by atoms with Gasteiger partial charge in [0.1, 0.15) is 6.04 Å². The van der Waals surface area contributed by atoms with Crippen molar-refractivity contribution in [1.82, 2.24) is 15.3 Å². The fourth-order valence-corrected chi connectivity index (χ4v) is 4.53.